The Morgan fingerprint density at radius 1 is 1.19 bits per heavy atom. The molecule has 116 valence electrons. The summed E-state index contributed by atoms with van der Waals surface area (Å²) in [6.45, 7) is 5.80. The van der Waals surface area contributed by atoms with Crippen molar-refractivity contribution >= 4 is 5.82 Å². The molecule has 5 nitrogen and oxygen atoms in total. The monoisotopic (exact) mass is 289 g/mol. The molecule has 3 rings (SSSR count). The summed E-state index contributed by atoms with van der Waals surface area (Å²) in [5.74, 6) is 1.04. The van der Waals surface area contributed by atoms with E-state index in [-0.39, 0.29) is 0 Å². The van der Waals surface area contributed by atoms with E-state index < -0.39 is 0 Å². The van der Waals surface area contributed by atoms with E-state index in [2.05, 4.69) is 38.8 Å². The molecule has 2 aliphatic heterocycles. The maximum absolute atomic E-state index is 4.49. The number of nitrogens with zero attached hydrogens (tertiary/aromatic N) is 5. The van der Waals surface area contributed by atoms with Gasteiger partial charge in [-0.1, -0.05) is 0 Å². The molecule has 1 atom stereocenters. The number of aromatic nitrogens is 2. The van der Waals surface area contributed by atoms with Gasteiger partial charge in [0.25, 0.3) is 0 Å². The lowest BCUT2D eigenvalue weighted by Crippen LogP contribution is -2.57. The topological polar surface area (TPSA) is 35.5 Å². The van der Waals surface area contributed by atoms with Gasteiger partial charge in [0.15, 0.2) is 0 Å². The summed E-state index contributed by atoms with van der Waals surface area (Å²) < 4.78 is 0. The molecule has 21 heavy (non-hydrogen) atoms. The van der Waals surface area contributed by atoms with Crippen LogP contribution in [-0.2, 0) is 0 Å². The number of likely N-dealkylation sites (tertiary alicyclic amines) is 1. The van der Waals surface area contributed by atoms with Crippen LogP contribution in [0.1, 0.15) is 25.7 Å². The van der Waals surface area contributed by atoms with Crippen molar-refractivity contribution in [2.45, 2.75) is 31.2 Å². The second-order valence-electron chi connectivity index (χ2n) is 6.71. The fourth-order valence-electron chi connectivity index (χ4n) is 3.89. The summed E-state index contributed by atoms with van der Waals surface area (Å²) in [6, 6.07) is 0. The van der Waals surface area contributed by atoms with Crippen molar-refractivity contribution in [3.63, 3.8) is 0 Å². The second kappa shape index (κ2) is 6.28. The standard InChI is InChI=1S/C16H27N5/c1-19(2)11-12-21-10-4-6-16(21)5-3-9-20(14-16)15-13-17-7-8-18-15/h7-8,13H,3-6,9-12,14H2,1-2H3. The Kier molecular flexibility index (Phi) is 4.40. The molecule has 1 unspecified atom stereocenters. The van der Waals surface area contributed by atoms with Crippen molar-refractivity contribution in [3.8, 4) is 0 Å². The molecular formula is C16H27N5. The lowest BCUT2D eigenvalue weighted by atomic mass is 9.86. The summed E-state index contributed by atoms with van der Waals surface area (Å²) in [5.41, 5.74) is 0.367. The SMILES string of the molecule is CN(C)CCN1CCCC12CCCN(c1cnccn1)C2. The number of likely N-dealkylation sites (N-methyl/N-ethyl adjacent to an activating group) is 1. The molecule has 0 aromatic carbocycles. The molecule has 5 heteroatoms. The van der Waals surface area contributed by atoms with Crippen molar-refractivity contribution in [3.05, 3.63) is 18.6 Å². The quantitative estimate of drug-likeness (QED) is 0.839. The molecule has 0 amide bonds. The third-order valence-corrected chi connectivity index (χ3v) is 4.99. The Morgan fingerprint density at radius 2 is 2.00 bits per heavy atom. The Balaban J connectivity index is 1.71. The number of hydrogen-bond acceptors (Lipinski definition) is 5. The van der Waals surface area contributed by atoms with Crippen molar-refractivity contribution in [2.75, 3.05) is 51.7 Å². The molecule has 0 aliphatic carbocycles. The Labute approximate surface area is 128 Å². The Bertz CT molecular complexity index is 449. The summed E-state index contributed by atoms with van der Waals surface area (Å²) in [6.07, 6.45) is 10.7. The number of rotatable bonds is 4. The van der Waals surface area contributed by atoms with Crippen molar-refractivity contribution in [1.29, 1.82) is 0 Å². The molecule has 0 radical (unpaired) electrons. The minimum absolute atomic E-state index is 0.367. The van der Waals surface area contributed by atoms with Gasteiger partial charge in [-0.25, -0.2) is 4.98 Å². The summed E-state index contributed by atoms with van der Waals surface area (Å²) in [4.78, 5) is 16.2. The van der Waals surface area contributed by atoms with Crippen molar-refractivity contribution in [2.24, 2.45) is 0 Å². The van der Waals surface area contributed by atoms with Crippen LogP contribution in [0.2, 0.25) is 0 Å². The van der Waals surface area contributed by atoms with Crippen LogP contribution in [0.25, 0.3) is 0 Å². The van der Waals surface area contributed by atoms with E-state index in [1.165, 1.54) is 38.8 Å². The maximum atomic E-state index is 4.49. The summed E-state index contributed by atoms with van der Waals surface area (Å²) in [5, 5.41) is 0. The van der Waals surface area contributed by atoms with Crippen LogP contribution in [0, 0.1) is 0 Å². The average Bonchev–Trinajstić information content (AvgIpc) is 2.88. The highest BCUT2D eigenvalue weighted by Crippen LogP contribution is 2.37. The lowest BCUT2D eigenvalue weighted by molar-refractivity contribution is 0.108. The van der Waals surface area contributed by atoms with Gasteiger partial charge >= 0.3 is 0 Å². The fourth-order valence-corrected chi connectivity index (χ4v) is 3.89. The van der Waals surface area contributed by atoms with Gasteiger partial charge in [0, 0.05) is 44.1 Å². The molecule has 1 aromatic heterocycles. The van der Waals surface area contributed by atoms with Crippen LogP contribution >= 0.6 is 0 Å². The lowest BCUT2D eigenvalue weighted by Gasteiger charge is -2.46. The zero-order valence-electron chi connectivity index (χ0n) is 13.3. The van der Waals surface area contributed by atoms with Crippen LogP contribution in [0.5, 0.6) is 0 Å². The summed E-state index contributed by atoms with van der Waals surface area (Å²) in [7, 11) is 4.32. The molecule has 0 N–H and O–H groups in total. The van der Waals surface area contributed by atoms with Gasteiger partial charge in [0.1, 0.15) is 5.82 Å². The first-order valence-electron chi connectivity index (χ1n) is 8.10. The highest BCUT2D eigenvalue weighted by molar-refractivity contribution is 5.37. The van der Waals surface area contributed by atoms with E-state index in [1.54, 1.807) is 12.4 Å². The van der Waals surface area contributed by atoms with Gasteiger partial charge in [-0.05, 0) is 46.3 Å². The van der Waals surface area contributed by atoms with Crippen LogP contribution in [0.15, 0.2) is 18.6 Å². The van der Waals surface area contributed by atoms with E-state index in [1.807, 2.05) is 6.20 Å². The van der Waals surface area contributed by atoms with Crippen LogP contribution < -0.4 is 4.90 Å². The van der Waals surface area contributed by atoms with Crippen LogP contribution in [-0.4, -0.2) is 72.1 Å². The van der Waals surface area contributed by atoms with Crippen LogP contribution in [0.3, 0.4) is 0 Å². The molecule has 0 saturated carbocycles. The average molecular weight is 289 g/mol. The fraction of sp³-hybridized carbons (Fsp3) is 0.750. The zero-order valence-corrected chi connectivity index (χ0v) is 13.3. The largest absolute Gasteiger partial charge is 0.353 e. The van der Waals surface area contributed by atoms with Gasteiger partial charge in [-0.15, -0.1) is 0 Å². The van der Waals surface area contributed by atoms with Gasteiger partial charge in [0.05, 0.1) is 6.20 Å². The first-order valence-corrected chi connectivity index (χ1v) is 8.10. The minimum atomic E-state index is 0.367. The predicted molar refractivity (Wildman–Crippen MR) is 85.6 cm³/mol. The zero-order chi connectivity index (χ0) is 14.7. The second-order valence-corrected chi connectivity index (χ2v) is 6.71. The van der Waals surface area contributed by atoms with E-state index >= 15 is 0 Å². The van der Waals surface area contributed by atoms with Gasteiger partial charge in [-0.3, -0.25) is 9.88 Å². The molecule has 2 saturated heterocycles. The van der Waals surface area contributed by atoms with Gasteiger partial charge in [-0.2, -0.15) is 0 Å². The summed E-state index contributed by atoms with van der Waals surface area (Å²) >= 11 is 0. The van der Waals surface area contributed by atoms with Crippen molar-refractivity contribution < 1.29 is 0 Å². The highest BCUT2D eigenvalue weighted by atomic mass is 15.3. The highest BCUT2D eigenvalue weighted by Gasteiger charge is 2.43. The first kappa shape index (κ1) is 14.7. The van der Waals surface area contributed by atoms with Gasteiger partial charge in [0.2, 0.25) is 0 Å². The smallest absolute Gasteiger partial charge is 0.147 e. The minimum Gasteiger partial charge on any atom is -0.353 e. The van der Waals surface area contributed by atoms with Crippen LogP contribution in [0.4, 0.5) is 5.82 Å². The molecule has 2 fully saturated rings. The number of anilines is 1. The molecular weight excluding hydrogens is 262 g/mol. The third-order valence-electron chi connectivity index (χ3n) is 4.99. The molecule has 2 aliphatic rings. The molecule has 1 aromatic rings. The maximum Gasteiger partial charge on any atom is 0.147 e. The number of piperidine rings is 1. The molecule has 1 spiro atoms. The Morgan fingerprint density at radius 3 is 2.71 bits per heavy atom. The van der Waals surface area contributed by atoms with Crippen molar-refractivity contribution in [1.82, 2.24) is 19.8 Å². The van der Waals surface area contributed by atoms with E-state index in [4.69, 9.17) is 0 Å². The first-order chi connectivity index (χ1) is 10.2. The van der Waals surface area contributed by atoms with Gasteiger partial charge < -0.3 is 9.80 Å². The van der Waals surface area contributed by atoms with E-state index in [9.17, 15) is 0 Å². The third kappa shape index (κ3) is 3.19. The molecule has 3 heterocycles. The Hall–Kier alpha value is -1.20. The van der Waals surface area contributed by atoms with E-state index in [0.29, 0.717) is 5.54 Å². The molecule has 0 bridgehead atoms. The number of hydrogen-bond donors (Lipinski definition) is 0. The van der Waals surface area contributed by atoms with E-state index in [0.717, 1.165) is 25.5 Å². The normalized spacial score (nSPS) is 26.9. The predicted octanol–water partition coefficient (Wildman–Crippen LogP) is 1.47.